The fourth-order valence-electron chi connectivity index (χ4n) is 0.801. The quantitative estimate of drug-likeness (QED) is 0.586. The maximum absolute atomic E-state index is 5.00. The van der Waals surface area contributed by atoms with Crippen LogP contribution >= 0.6 is 12.2 Å². The third-order valence-electron chi connectivity index (χ3n) is 1.81. The Labute approximate surface area is 72.4 Å². The normalized spacial score (nSPS) is 22.1. The summed E-state index contributed by atoms with van der Waals surface area (Å²) in [7, 11) is 1.89. The van der Waals surface area contributed by atoms with Gasteiger partial charge in [-0.25, -0.2) is 0 Å². The van der Waals surface area contributed by atoms with Crippen LogP contribution in [0.1, 0.15) is 20.3 Å². The topological polar surface area (TPSA) is 30.5 Å². The highest BCUT2D eigenvalue weighted by molar-refractivity contribution is 7.80. The van der Waals surface area contributed by atoms with Crippen molar-refractivity contribution in [2.24, 2.45) is 0 Å². The van der Waals surface area contributed by atoms with Gasteiger partial charge < -0.3 is 0 Å². The molecule has 1 aliphatic rings. The van der Waals surface area contributed by atoms with Crippen molar-refractivity contribution in [2.45, 2.75) is 26.3 Å². The summed E-state index contributed by atoms with van der Waals surface area (Å²) in [6, 6.07) is 0.442. The fourth-order valence-corrected chi connectivity index (χ4v) is 0.941. The van der Waals surface area contributed by atoms with E-state index >= 15 is 0 Å². The number of nitrogens with one attached hydrogen (secondary N) is 2. The molecule has 4 nitrogen and oxygen atoms in total. The average molecular weight is 174 g/mol. The van der Waals surface area contributed by atoms with Gasteiger partial charge in [0.1, 0.15) is 0 Å². The molecule has 0 bridgehead atoms. The van der Waals surface area contributed by atoms with Gasteiger partial charge in [0.25, 0.3) is 0 Å². The van der Waals surface area contributed by atoms with Crippen LogP contribution in [0.2, 0.25) is 0 Å². The van der Waals surface area contributed by atoms with E-state index in [4.69, 9.17) is 12.2 Å². The van der Waals surface area contributed by atoms with Crippen LogP contribution in [-0.2, 0) is 0 Å². The summed E-state index contributed by atoms with van der Waals surface area (Å²) < 4.78 is 0. The van der Waals surface area contributed by atoms with Gasteiger partial charge in [-0.05, 0) is 25.6 Å². The molecule has 1 aliphatic heterocycles. The zero-order chi connectivity index (χ0) is 8.43. The van der Waals surface area contributed by atoms with Crippen molar-refractivity contribution in [2.75, 3.05) is 7.05 Å². The van der Waals surface area contributed by atoms with E-state index in [-0.39, 0.29) is 0 Å². The monoisotopic (exact) mass is 174 g/mol. The predicted octanol–water partition coefficient (Wildman–Crippen LogP) is 0.241. The van der Waals surface area contributed by atoms with Gasteiger partial charge in [0.15, 0.2) is 5.11 Å². The van der Waals surface area contributed by atoms with Crippen molar-refractivity contribution < 1.29 is 0 Å². The number of thiocarbonyl (C=S) groups is 1. The molecule has 1 heterocycles. The summed E-state index contributed by atoms with van der Waals surface area (Å²) in [6.45, 7) is 4.26. The summed E-state index contributed by atoms with van der Waals surface area (Å²) in [6.07, 6.45) is 1.08. The highest BCUT2D eigenvalue weighted by Gasteiger charge is 2.22. The van der Waals surface area contributed by atoms with Gasteiger partial charge in [-0.2, -0.15) is 0 Å². The molecule has 1 fully saturated rings. The molecule has 0 aromatic carbocycles. The second kappa shape index (κ2) is 3.34. The zero-order valence-corrected chi connectivity index (χ0v) is 7.90. The van der Waals surface area contributed by atoms with Crippen molar-refractivity contribution in [1.29, 1.82) is 0 Å². The lowest BCUT2D eigenvalue weighted by Gasteiger charge is -2.21. The summed E-state index contributed by atoms with van der Waals surface area (Å²) in [5, 5.41) is 4.40. The van der Waals surface area contributed by atoms with Crippen molar-refractivity contribution >= 4 is 17.3 Å². The van der Waals surface area contributed by atoms with Crippen LogP contribution in [0.3, 0.4) is 0 Å². The van der Waals surface area contributed by atoms with Crippen molar-refractivity contribution in [3.05, 3.63) is 0 Å². The van der Waals surface area contributed by atoms with Gasteiger partial charge >= 0.3 is 0 Å². The Kier molecular flexibility index (Phi) is 2.64. The molecular formula is C6H14N4S. The number of hydrazine groups is 3. The SMILES string of the molecule is CCC(C)N1NC(=S)N(C)N1. The first-order chi connectivity index (χ1) is 5.15. The Balaban J connectivity index is 2.46. The Morgan fingerprint density at radius 1 is 1.64 bits per heavy atom. The molecule has 0 saturated carbocycles. The van der Waals surface area contributed by atoms with Crippen molar-refractivity contribution in [1.82, 2.24) is 21.1 Å². The van der Waals surface area contributed by atoms with Gasteiger partial charge in [-0.3, -0.25) is 10.4 Å². The van der Waals surface area contributed by atoms with E-state index in [1.54, 1.807) is 5.01 Å². The zero-order valence-electron chi connectivity index (χ0n) is 7.09. The molecular weight excluding hydrogens is 160 g/mol. The van der Waals surface area contributed by atoms with Crippen LogP contribution in [0.25, 0.3) is 0 Å². The van der Waals surface area contributed by atoms with Gasteiger partial charge in [0.2, 0.25) is 0 Å². The molecule has 5 heteroatoms. The molecule has 1 rings (SSSR count). The minimum absolute atomic E-state index is 0.442. The van der Waals surface area contributed by atoms with Crippen molar-refractivity contribution in [3.8, 4) is 0 Å². The van der Waals surface area contributed by atoms with Crippen LogP contribution in [0.15, 0.2) is 0 Å². The smallest absolute Gasteiger partial charge is 0.200 e. The second-order valence-electron chi connectivity index (χ2n) is 2.70. The maximum atomic E-state index is 5.00. The summed E-state index contributed by atoms with van der Waals surface area (Å²) >= 11 is 5.00. The Bertz CT molecular complexity index is 161. The van der Waals surface area contributed by atoms with E-state index in [1.807, 2.05) is 12.2 Å². The molecule has 1 unspecified atom stereocenters. The first-order valence-electron chi connectivity index (χ1n) is 3.75. The predicted molar refractivity (Wildman–Crippen MR) is 48.2 cm³/mol. The van der Waals surface area contributed by atoms with Gasteiger partial charge in [-0.15, -0.1) is 10.7 Å². The molecule has 64 valence electrons. The molecule has 11 heavy (non-hydrogen) atoms. The minimum atomic E-state index is 0.442. The highest BCUT2D eigenvalue weighted by Crippen LogP contribution is 2.02. The molecule has 1 saturated heterocycles. The number of hydrogen-bond donors (Lipinski definition) is 2. The van der Waals surface area contributed by atoms with Crippen LogP contribution in [0, 0.1) is 0 Å². The molecule has 0 aliphatic carbocycles. The molecule has 0 spiro atoms. The number of nitrogens with zero attached hydrogens (tertiary/aromatic N) is 2. The third-order valence-corrected chi connectivity index (χ3v) is 2.18. The van der Waals surface area contributed by atoms with Crippen LogP contribution < -0.4 is 11.0 Å². The Morgan fingerprint density at radius 3 is 2.64 bits per heavy atom. The van der Waals surface area contributed by atoms with Gasteiger partial charge in [0, 0.05) is 13.1 Å². The first-order valence-corrected chi connectivity index (χ1v) is 4.15. The molecule has 0 radical (unpaired) electrons. The van der Waals surface area contributed by atoms with Crippen LogP contribution in [0.5, 0.6) is 0 Å². The lowest BCUT2D eigenvalue weighted by atomic mass is 10.3. The molecule has 0 aromatic rings. The Morgan fingerprint density at radius 2 is 2.27 bits per heavy atom. The van der Waals surface area contributed by atoms with Gasteiger partial charge in [0.05, 0.1) is 0 Å². The van der Waals surface area contributed by atoms with E-state index in [0.717, 1.165) is 6.42 Å². The molecule has 0 aromatic heterocycles. The summed E-state index contributed by atoms with van der Waals surface area (Å²) in [4.78, 5) is 0. The second-order valence-corrected chi connectivity index (χ2v) is 3.09. The lowest BCUT2D eigenvalue weighted by molar-refractivity contribution is 0.0719. The minimum Gasteiger partial charge on any atom is -0.279 e. The maximum Gasteiger partial charge on any atom is 0.200 e. The molecule has 1 atom stereocenters. The van der Waals surface area contributed by atoms with E-state index in [9.17, 15) is 0 Å². The van der Waals surface area contributed by atoms with Gasteiger partial charge in [-0.1, -0.05) is 6.92 Å². The fraction of sp³-hybridized carbons (Fsp3) is 0.833. The highest BCUT2D eigenvalue weighted by atomic mass is 32.1. The summed E-state index contributed by atoms with van der Waals surface area (Å²) in [5.41, 5.74) is 6.10. The first kappa shape index (κ1) is 8.70. The van der Waals surface area contributed by atoms with Crippen molar-refractivity contribution in [3.63, 3.8) is 0 Å². The third kappa shape index (κ3) is 1.79. The van der Waals surface area contributed by atoms with E-state index < -0.39 is 0 Å². The molecule has 0 amide bonds. The standard InChI is InChI=1S/C6H14N4S/c1-4-5(2)10-7-6(11)9(3)8-10/h5,8H,4H2,1-3H3,(H,7,11). The average Bonchev–Trinajstić information content (AvgIpc) is 2.31. The number of rotatable bonds is 2. The summed E-state index contributed by atoms with van der Waals surface area (Å²) in [5.74, 6) is 0. The molecule has 2 N–H and O–H groups in total. The largest absolute Gasteiger partial charge is 0.279 e. The van der Waals surface area contributed by atoms with E-state index in [0.29, 0.717) is 11.2 Å². The van der Waals surface area contributed by atoms with Crippen LogP contribution in [0.4, 0.5) is 0 Å². The van der Waals surface area contributed by atoms with E-state index in [2.05, 4.69) is 24.8 Å². The Hall–Kier alpha value is -0.390. The van der Waals surface area contributed by atoms with E-state index in [1.165, 1.54) is 0 Å². The lowest BCUT2D eigenvalue weighted by Crippen LogP contribution is -2.46. The van der Waals surface area contributed by atoms with Crippen LogP contribution in [-0.4, -0.2) is 28.3 Å². The number of hydrogen-bond acceptors (Lipinski definition) is 3.